The summed E-state index contributed by atoms with van der Waals surface area (Å²) in [5.74, 6) is 4.91. The van der Waals surface area contributed by atoms with Gasteiger partial charge in [0.2, 0.25) is 5.95 Å². The summed E-state index contributed by atoms with van der Waals surface area (Å²) in [6, 6.07) is 3.00. The van der Waals surface area contributed by atoms with Gasteiger partial charge in [-0.15, -0.1) is 11.3 Å². The maximum Gasteiger partial charge on any atom is 0.415 e. The van der Waals surface area contributed by atoms with Crippen LogP contribution < -0.4 is 14.8 Å². The average Bonchev–Trinajstić information content (AvgIpc) is 3.12. The van der Waals surface area contributed by atoms with Gasteiger partial charge in [0.1, 0.15) is 16.4 Å². The Morgan fingerprint density at radius 2 is 2.13 bits per heavy atom. The van der Waals surface area contributed by atoms with E-state index >= 15 is 0 Å². The predicted molar refractivity (Wildman–Crippen MR) is 120 cm³/mol. The standard InChI is InChI=1S/C23H24FN3O3S/c1-23(2,3)30-22(28)27(4)19-13-10-15(21(24)26-19)8-6-7-9-20-25-17-12-11-16(29-5)14-18(17)31-20/h7,9-10,12-14,16H,11H2,1-5H3/b9-7+. The summed E-state index contributed by atoms with van der Waals surface area (Å²) in [4.78, 5) is 21.6. The summed E-state index contributed by atoms with van der Waals surface area (Å²) in [6.45, 7) is 5.27. The van der Waals surface area contributed by atoms with E-state index in [1.54, 1.807) is 51.4 Å². The van der Waals surface area contributed by atoms with Gasteiger partial charge in [0.15, 0.2) is 0 Å². The zero-order valence-corrected chi connectivity index (χ0v) is 18.9. The van der Waals surface area contributed by atoms with Crippen LogP contribution in [0, 0.1) is 17.8 Å². The van der Waals surface area contributed by atoms with E-state index in [-0.39, 0.29) is 17.5 Å². The minimum Gasteiger partial charge on any atom is -0.443 e. The minimum atomic E-state index is -0.756. The molecule has 0 aromatic carbocycles. The van der Waals surface area contributed by atoms with Crippen LogP contribution in [0.4, 0.5) is 15.0 Å². The molecule has 2 aromatic heterocycles. The van der Waals surface area contributed by atoms with Crippen LogP contribution in [0.1, 0.15) is 37.8 Å². The number of amides is 1. The Kier molecular flexibility index (Phi) is 6.88. The first-order chi connectivity index (χ1) is 14.7. The smallest absolute Gasteiger partial charge is 0.415 e. The number of methoxy groups -OCH3 is 1. The number of carbonyl (C=O) groups is 1. The molecule has 2 heterocycles. The van der Waals surface area contributed by atoms with Crippen molar-refractivity contribution in [3.63, 3.8) is 0 Å². The number of ether oxygens (including phenoxy) is 2. The van der Waals surface area contributed by atoms with Crippen molar-refractivity contribution in [3.05, 3.63) is 44.6 Å². The second-order valence-corrected chi connectivity index (χ2v) is 8.89. The molecule has 6 nitrogen and oxygen atoms in total. The zero-order chi connectivity index (χ0) is 22.6. The number of hydrogen-bond acceptors (Lipinski definition) is 6. The molecular formula is C23H24FN3O3S. The lowest BCUT2D eigenvalue weighted by molar-refractivity contribution is 0.0588. The second kappa shape index (κ2) is 9.41. The fourth-order valence-corrected chi connectivity index (χ4v) is 3.65. The van der Waals surface area contributed by atoms with Crippen molar-refractivity contribution in [2.24, 2.45) is 0 Å². The number of nitrogens with zero attached hydrogens (tertiary/aromatic N) is 3. The van der Waals surface area contributed by atoms with E-state index in [4.69, 9.17) is 9.47 Å². The molecule has 31 heavy (non-hydrogen) atoms. The second-order valence-electron chi connectivity index (χ2n) is 7.83. The molecular weight excluding hydrogens is 417 g/mol. The molecule has 1 amide bonds. The topological polar surface area (TPSA) is 64.5 Å². The molecule has 162 valence electrons. The summed E-state index contributed by atoms with van der Waals surface area (Å²) in [5.41, 5.74) is -0.520. The highest BCUT2D eigenvalue weighted by molar-refractivity contribution is 7.10. The first kappa shape index (κ1) is 22.7. The van der Waals surface area contributed by atoms with Crippen molar-refractivity contribution in [1.29, 1.82) is 0 Å². The summed E-state index contributed by atoms with van der Waals surface area (Å²) in [6.07, 6.45) is 7.80. The SMILES string of the molecule is COC1C=c2sc(/C=C/C#Cc3ccc(N(C)C(=O)OC(C)(C)C)nc3F)nc2=CC1. The maximum atomic E-state index is 14.3. The molecule has 1 atom stereocenters. The molecule has 0 N–H and O–H groups in total. The van der Waals surface area contributed by atoms with E-state index in [0.29, 0.717) is 0 Å². The van der Waals surface area contributed by atoms with Crippen LogP contribution in [0.15, 0.2) is 18.2 Å². The van der Waals surface area contributed by atoms with E-state index in [1.165, 1.54) is 19.2 Å². The fraction of sp³-hybridized carbons (Fsp3) is 0.348. The van der Waals surface area contributed by atoms with Crippen LogP contribution in [0.5, 0.6) is 0 Å². The molecule has 0 bridgehead atoms. The number of anilines is 1. The molecule has 1 aliphatic rings. The zero-order valence-electron chi connectivity index (χ0n) is 18.1. The van der Waals surface area contributed by atoms with Crippen LogP contribution in [-0.4, -0.2) is 41.9 Å². The van der Waals surface area contributed by atoms with Gasteiger partial charge in [-0.25, -0.2) is 14.8 Å². The molecule has 0 radical (unpaired) electrons. The van der Waals surface area contributed by atoms with Crippen LogP contribution in [-0.2, 0) is 9.47 Å². The van der Waals surface area contributed by atoms with Crippen molar-refractivity contribution < 1.29 is 18.7 Å². The molecule has 0 fully saturated rings. The number of pyridine rings is 1. The Morgan fingerprint density at radius 3 is 2.81 bits per heavy atom. The monoisotopic (exact) mass is 441 g/mol. The van der Waals surface area contributed by atoms with Crippen LogP contribution in [0.25, 0.3) is 18.2 Å². The number of fused-ring (bicyclic) bond motifs is 1. The number of rotatable bonds is 3. The Bertz CT molecular complexity index is 1190. The van der Waals surface area contributed by atoms with Gasteiger partial charge >= 0.3 is 6.09 Å². The Hall–Kier alpha value is -3.02. The normalized spacial score (nSPS) is 15.4. The lowest BCUT2D eigenvalue weighted by Crippen LogP contribution is -2.34. The van der Waals surface area contributed by atoms with Crippen LogP contribution in [0.2, 0.25) is 0 Å². The van der Waals surface area contributed by atoms with Gasteiger partial charge in [-0.1, -0.05) is 17.9 Å². The van der Waals surface area contributed by atoms with E-state index in [2.05, 4.69) is 34.0 Å². The van der Waals surface area contributed by atoms with Gasteiger partial charge in [-0.2, -0.15) is 4.39 Å². The summed E-state index contributed by atoms with van der Waals surface area (Å²) in [5, 5.41) is 1.77. The molecule has 1 unspecified atom stereocenters. The number of thiazole rings is 1. The van der Waals surface area contributed by atoms with Crippen LogP contribution in [0.3, 0.4) is 0 Å². The number of allylic oxidation sites excluding steroid dienone is 1. The van der Waals surface area contributed by atoms with Crippen molar-refractivity contribution in [3.8, 4) is 11.8 Å². The molecule has 3 rings (SSSR count). The molecule has 0 spiro atoms. The van der Waals surface area contributed by atoms with Gasteiger partial charge in [0, 0.05) is 14.2 Å². The summed E-state index contributed by atoms with van der Waals surface area (Å²) in [7, 11) is 3.16. The van der Waals surface area contributed by atoms with E-state index in [1.807, 2.05) is 0 Å². The summed E-state index contributed by atoms with van der Waals surface area (Å²) < 4.78 is 26.0. The summed E-state index contributed by atoms with van der Waals surface area (Å²) >= 11 is 1.55. The van der Waals surface area contributed by atoms with Crippen molar-refractivity contribution >= 4 is 41.5 Å². The molecule has 2 aromatic rings. The maximum absolute atomic E-state index is 14.3. The number of aromatic nitrogens is 2. The first-order valence-electron chi connectivity index (χ1n) is 9.69. The first-order valence-corrected chi connectivity index (χ1v) is 10.5. The third kappa shape index (κ3) is 6.00. The fourth-order valence-electron chi connectivity index (χ4n) is 2.69. The van der Waals surface area contributed by atoms with Gasteiger partial charge in [-0.3, -0.25) is 4.90 Å². The predicted octanol–water partition coefficient (Wildman–Crippen LogP) is 3.09. The Morgan fingerprint density at radius 1 is 1.35 bits per heavy atom. The van der Waals surface area contributed by atoms with Crippen molar-refractivity contribution in [2.45, 2.75) is 38.9 Å². The van der Waals surface area contributed by atoms with Crippen molar-refractivity contribution in [1.82, 2.24) is 9.97 Å². The highest BCUT2D eigenvalue weighted by Crippen LogP contribution is 2.16. The quantitative estimate of drug-likeness (QED) is 0.541. The average molecular weight is 442 g/mol. The Balaban J connectivity index is 1.70. The molecule has 0 saturated heterocycles. The number of hydrogen-bond donors (Lipinski definition) is 0. The van der Waals surface area contributed by atoms with Gasteiger partial charge < -0.3 is 9.47 Å². The van der Waals surface area contributed by atoms with Gasteiger partial charge in [0.25, 0.3) is 0 Å². The highest BCUT2D eigenvalue weighted by atomic mass is 32.1. The molecule has 0 saturated carbocycles. The van der Waals surface area contributed by atoms with Gasteiger partial charge in [-0.05, 0) is 57.6 Å². The molecule has 0 aliphatic heterocycles. The Labute approximate surface area is 184 Å². The van der Waals surface area contributed by atoms with Gasteiger partial charge in [0.05, 0.1) is 21.5 Å². The number of halogens is 1. The van der Waals surface area contributed by atoms with Crippen LogP contribution >= 0.6 is 11.3 Å². The number of carbonyl (C=O) groups excluding carboxylic acids is 1. The van der Waals surface area contributed by atoms with E-state index in [0.717, 1.165) is 26.2 Å². The lowest BCUT2D eigenvalue weighted by atomic mass is 10.2. The molecule has 8 heteroatoms. The largest absolute Gasteiger partial charge is 0.443 e. The minimum absolute atomic E-state index is 0.0809. The third-order valence-corrected chi connectivity index (χ3v) is 5.24. The molecule has 1 aliphatic carbocycles. The van der Waals surface area contributed by atoms with E-state index in [9.17, 15) is 9.18 Å². The highest BCUT2D eigenvalue weighted by Gasteiger charge is 2.21. The lowest BCUT2D eigenvalue weighted by Gasteiger charge is -2.24. The van der Waals surface area contributed by atoms with Crippen molar-refractivity contribution in [2.75, 3.05) is 19.1 Å². The van der Waals surface area contributed by atoms with E-state index < -0.39 is 17.6 Å². The third-order valence-electron chi connectivity index (χ3n) is 4.24.